The van der Waals surface area contributed by atoms with E-state index in [2.05, 4.69) is 20.6 Å². The number of hydrogen-bond donors (Lipinski definition) is 2. The fourth-order valence-corrected chi connectivity index (χ4v) is 2.68. The van der Waals surface area contributed by atoms with E-state index in [4.69, 9.17) is 9.47 Å². The molecule has 3 aromatic rings. The number of benzene rings is 1. The Morgan fingerprint density at radius 1 is 1.00 bits per heavy atom. The van der Waals surface area contributed by atoms with E-state index in [1.165, 1.54) is 7.11 Å². The van der Waals surface area contributed by atoms with Gasteiger partial charge in [-0.1, -0.05) is 12.1 Å². The molecule has 1 aromatic carbocycles. The van der Waals surface area contributed by atoms with E-state index in [9.17, 15) is 4.79 Å². The monoisotopic (exact) mass is 364 g/mol. The van der Waals surface area contributed by atoms with Crippen LogP contribution in [-0.4, -0.2) is 30.2 Å². The van der Waals surface area contributed by atoms with Crippen molar-refractivity contribution in [2.75, 3.05) is 19.5 Å². The summed E-state index contributed by atoms with van der Waals surface area (Å²) in [5, 5.41) is 5.62. The molecule has 2 heterocycles. The number of anilines is 1. The maximum absolute atomic E-state index is 12.4. The zero-order valence-electron chi connectivity index (χ0n) is 15.1. The van der Waals surface area contributed by atoms with Crippen LogP contribution in [0.2, 0.25) is 0 Å². The first-order valence-electron chi connectivity index (χ1n) is 8.33. The Labute approximate surface area is 157 Å². The van der Waals surface area contributed by atoms with E-state index < -0.39 is 0 Å². The molecule has 0 radical (unpaired) electrons. The van der Waals surface area contributed by atoms with Crippen molar-refractivity contribution < 1.29 is 14.3 Å². The Bertz CT molecular complexity index is 916. The second-order valence-electron chi connectivity index (χ2n) is 5.60. The summed E-state index contributed by atoms with van der Waals surface area (Å²) in [6, 6.07) is 12.5. The molecule has 0 saturated carbocycles. The lowest BCUT2D eigenvalue weighted by Crippen LogP contribution is -2.28. The van der Waals surface area contributed by atoms with E-state index in [0.717, 1.165) is 16.8 Å². The topological polar surface area (TPSA) is 85.4 Å². The number of methoxy groups -OCH3 is 2. The molecular weight excluding hydrogens is 344 g/mol. The molecule has 0 saturated heterocycles. The molecule has 0 spiro atoms. The molecule has 7 heteroatoms. The predicted octanol–water partition coefficient (Wildman–Crippen LogP) is 3.48. The summed E-state index contributed by atoms with van der Waals surface area (Å²) in [7, 11) is 3.07. The normalized spacial score (nSPS) is 10.1. The lowest BCUT2D eigenvalue weighted by molar-refractivity contribution is 0.251. The molecule has 2 aromatic heterocycles. The van der Waals surface area contributed by atoms with Crippen molar-refractivity contribution in [1.82, 2.24) is 15.3 Å². The van der Waals surface area contributed by atoms with Crippen LogP contribution in [0.25, 0.3) is 11.3 Å². The van der Waals surface area contributed by atoms with Gasteiger partial charge in [-0.05, 0) is 35.9 Å². The first-order chi connectivity index (χ1) is 13.2. The van der Waals surface area contributed by atoms with Crippen molar-refractivity contribution in [1.29, 1.82) is 0 Å². The zero-order chi connectivity index (χ0) is 19.1. The number of nitrogens with one attached hydrogen (secondary N) is 2. The number of hydrogen-bond acceptors (Lipinski definition) is 5. The minimum absolute atomic E-state index is 0.323. The summed E-state index contributed by atoms with van der Waals surface area (Å²) in [5.41, 5.74) is 3.17. The third-order valence-corrected chi connectivity index (χ3v) is 3.94. The van der Waals surface area contributed by atoms with Crippen molar-refractivity contribution in [3.8, 4) is 22.8 Å². The lowest BCUT2D eigenvalue weighted by atomic mass is 10.1. The second kappa shape index (κ2) is 8.66. The Morgan fingerprint density at radius 2 is 1.81 bits per heavy atom. The lowest BCUT2D eigenvalue weighted by Gasteiger charge is -2.14. The average Bonchev–Trinajstić information content (AvgIpc) is 2.73. The van der Waals surface area contributed by atoms with Crippen LogP contribution in [0, 0.1) is 0 Å². The number of carbonyl (C=O) groups is 1. The molecular formula is C20H20N4O3. The van der Waals surface area contributed by atoms with Crippen molar-refractivity contribution in [3.63, 3.8) is 0 Å². The fourth-order valence-electron chi connectivity index (χ4n) is 2.68. The first-order valence-corrected chi connectivity index (χ1v) is 8.33. The Hall–Kier alpha value is -3.61. The highest BCUT2D eigenvalue weighted by molar-refractivity contribution is 5.91. The van der Waals surface area contributed by atoms with Gasteiger partial charge in [-0.25, -0.2) is 4.79 Å². The van der Waals surface area contributed by atoms with E-state index >= 15 is 0 Å². The minimum Gasteiger partial charge on any atom is -0.493 e. The van der Waals surface area contributed by atoms with E-state index in [0.29, 0.717) is 23.7 Å². The van der Waals surface area contributed by atoms with Gasteiger partial charge in [0.1, 0.15) is 0 Å². The number of para-hydroxylation sites is 1. The quantitative estimate of drug-likeness (QED) is 0.699. The van der Waals surface area contributed by atoms with Gasteiger partial charge < -0.3 is 20.1 Å². The number of pyridine rings is 2. The number of rotatable bonds is 6. The predicted molar refractivity (Wildman–Crippen MR) is 103 cm³/mol. The van der Waals surface area contributed by atoms with Gasteiger partial charge in [0.05, 0.1) is 25.6 Å². The molecule has 2 N–H and O–H groups in total. The highest BCUT2D eigenvalue weighted by Gasteiger charge is 2.13. The number of ether oxygens (including phenoxy) is 2. The fraction of sp³-hybridized carbons (Fsp3) is 0.150. The molecule has 0 aliphatic carbocycles. The SMILES string of the molecule is COc1cccc(NC(=O)NCc2cccnc2-c2ccncc2)c1OC. The number of urea groups is 1. The highest BCUT2D eigenvalue weighted by Crippen LogP contribution is 2.34. The van der Waals surface area contributed by atoms with E-state index in [1.54, 1.807) is 43.9 Å². The third kappa shape index (κ3) is 4.33. The Balaban J connectivity index is 1.71. The van der Waals surface area contributed by atoms with Crippen molar-refractivity contribution in [2.45, 2.75) is 6.54 Å². The molecule has 0 bridgehead atoms. The number of nitrogens with zero attached hydrogens (tertiary/aromatic N) is 2. The van der Waals surface area contributed by atoms with Crippen LogP contribution in [0.5, 0.6) is 11.5 Å². The van der Waals surface area contributed by atoms with Crippen molar-refractivity contribution >= 4 is 11.7 Å². The van der Waals surface area contributed by atoms with Crippen LogP contribution in [0.4, 0.5) is 10.5 Å². The molecule has 0 unspecified atom stereocenters. The van der Waals surface area contributed by atoms with Crippen LogP contribution >= 0.6 is 0 Å². The zero-order valence-corrected chi connectivity index (χ0v) is 15.1. The van der Waals surface area contributed by atoms with Crippen LogP contribution in [0.1, 0.15) is 5.56 Å². The van der Waals surface area contributed by atoms with Gasteiger partial charge in [-0.2, -0.15) is 0 Å². The van der Waals surface area contributed by atoms with Gasteiger partial charge in [-0.3, -0.25) is 9.97 Å². The molecule has 7 nitrogen and oxygen atoms in total. The standard InChI is InChI=1S/C20H20N4O3/c1-26-17-7-3-6-16(19(17)27-2)24-20(25)23-13-15-5-4-10-22-18(15)14-8-11-21-12-9-14/h3-12H,13H2,1-2H3,(H2,23,24,25). The molecule has 3 rings (SSSR count). The molecule has 2 amide bonds. The highest BCUT2D eigenvalue weighted by atomic mass is 16.5. The Morgan fingerprint density at radius 3 is 2.56 bits per heavy atom. The number of aromatic nitrogens is 2. The van der Waals surface area contributed by atoms with Gasteiger partial charge in [0.15, 0.2) is 11.5 Å². The van der Waals surface area contributed by atoms with Gasteiger partial charge in [0, 0.05) is 30.7 Å². The molecule has 0 fully saturated rings. The maximum atomic E-state index is 12.4. The molecule has 138 valence electrons. The van der Waals surface area contributed by atoms with Gasteiger partial charge in [0.25, 0.3) is 0 Å². The smallest absolute Gasteiger partial charge is 0.319 e. The summed E-state index contributed by atoms with van der Waals surface area (Å²) in [6.45, 7) is 0.323. The van der Waals surface area contributed by atoms with Crippen LogP contribution in [-0.2, 0) is 6.54 Å². The van der Waals surface area contributed by atoms with Gasteiger partial charge in [0.2, 0.25) is 0 Å². The summed E-state index contributed by atoms with van der Waals surface area (Å²) in [5.74, 6) is 1.01. The minimum atomic E-state index is -0.355. The van der Waals surface area contributed by atoms with E-state index in [-0.39, 0.29) is 6.03 Å². The van der Waals surface area contributed by atoms with Crippen molar-refractivity contribution in [2.24, 2.45) is 0 Å². The largest absolute Gasteiger partial charge is 0.493 e. The maximum Gasteiger partial charge on any atom is 0.319 e. The summed E-state index contributed by atoms with van der Waals surface area (Å²) < 4.78 is 10.6. The third-order valence-electron chi connectivity index (χ3n) is 3.94. The van der Waals surface area contributed by atoms with Gasteiger partial charge >= 0.3 is 6.03 Å². The molecule has 0 aliphatic heterocycles. The number of amides is 2. The summed E-state index contributed by atoms with van der Waals surface area (Å²) >= 11 is 0. The summed E-state index contributed by atoms with van der Waals surface area (Å²) in [4.78, 5) is 20.8. The van der Waals surface area contributed by atoms with Crippen LogP contribution < -0.4 is 20.1 Å². The van der Waals surface area contributed by atoms with E-state index in [1.807, 2.05) is 24.3 Å². The van der Waals surface area contributed by atoms with Gasteiger partial charge in [-0.15, -0.1) is 0 Å². The second-order valence-corrected chi connectivity index (χ2v) is 5.60. The molecule has 0 aliphatic rings. The van der Waals surface area contributed by atoms with Crippen LogP contribution in [0.3, 0.4) is 0 Å². The number of carbonyl (C=O) groups excluding carboxylic acids is 1. The first kappa shape index (κ1) is 18.2. The summed E-state index contributed by atoms with van der Waals surface area (Å²) in [6.07, 6.45) is 5.15. The van der Waals surface area contributed by atoms with Crippen molar-refractivity contribution in [3.05, 3.63) is 66.6 Å². The average molecular weight is 364 g/mol. The molecule has 27 heavy (non-hydrogen) atoms. The molecule has 0 atom stereocenters. The Kier molecular flexibility index (Phi) is 5.84. The van der Waals surface area contributed by atoms with Crippen LogP contribution in [0.15, 0.2) is 61.1 Å².